The minimum Gasteiger partial charge on any atom is -0.493 e. The first kappa shape index (κ1) is 11.7. The van der Waals surface area contributed by atoms with Gasteiger partial charge in [-0.25, -0.2) is 4.39 Å². The lowest BCUT2D eigenvalue weighted by molar-refractivity contribution is 0.373. The van der Waals surface area contributed by atoms with Crippen LogP contribution >= 0.6 is 11.6 Å². The van der Waals surface area contributed by atoms with E-state index in [0.29, 0.717) is 5.56 Å². The lowest BCUT2D eigenvalue weighted by Crippen LogP contribution is -1.97. The fourth-order valence-corrected chi connectivity index (χ4v) is 1.68. The van der Waals surface area contributed by atoms with Crippen LogP contribution in [-0.4, -0.2) is 17.3 Å². The molecule has 0 spiro atoms. The third-order valence-electron chi connectivity index (χ3n) is 2.28. The molecule has 0 bridgehead atoms. The van der Waals surface area contributed by atoms with Crippen molar-refractivity contribution in [3.05, 3.63) is 28.9 Å². The summed E-state index contributed by atoms with van der Waals surface area (Å²) in [6.07, 6.45) is 1.38. The number of rotatable bonds is 2. The van der Waals surface area contributed by atoms with Gasteiger partial charge in [-0.15, -0.1) is 0 Å². The van der Waals surface area contributed by atoms with Gasteiger partial charge in [-0.1, -0.05) is 11.6 Å². The Bertz CT molecular complexity index is 571. The Morgan fingerprint density at radius 3 is 2.59 bits per heavy atom. The van der Waals surface area contributed by atoms with Gasteiger partial charge < -0.3 is 10.5 Å². The third-order valence-corrected chi connectivity index (χ3v) is 2.56. The summed E-state index contributed by atoms with van der Waals surface area (Å²) in [6.45, 7) is 0. The number of halogens is 3. The zero-order valence-electron chi connectivity index (χ0n) is 8.72. The molecule has 17 heavy (non-hydrogen) atoms. The molecule has 0 aliphatic rings. The van der Waals surface area contributed by atoms with Gasteiger partial charge in [0.05, 0.1) is 18.3 Å². The molecule has 90 valence electrons. The molecule has 0 aliphatic carbocycles. The van der Waals surface area contributed by atoms with Crippen LogP contribution in [0.2, 0.25) is 5.02 Å². The van der Waals surface area contributed by atoms with Gasteiger partial charge in [0.2, 0.25) is 5.82 Å². The van der Waals surface area contributed by atoms with E-state index >= 15 is 0 Å². The van der Waals surface area contributed by atoms with Crippen LogP contribution in [-0.2, 0) is 0 Å². The second kappa shape index (κ2) is 4.21. The number of nitrogens with two attached hydrogens (primary N) is 1. The molecule has 4 nitrogen and oxygen atoms in total. The Morgan fingerprint density at radius 1 is 1.35 bits per heavy atom. The summed E-state index contributed by atoms with van der Waals surface area (Å²) in [5.41, 5.74) is 6.23. The molecule has 0 atom stereocenters. The number of ether oxygens (including phenoxy) is 1. The molecule has 7 heteroatoms. The van der Waals surface area contributed by atoms with Gasteiger partial charge in [0, 0.05) is 11.1 Å². The summed E-state index contributed by atoms with van der Waals surface area (Å²) in [5, 5.41) is 5.83. The summed E-state index contributed by atoms with van der Waals surface area (Å²) in [7, 11) is 1.23. The van der Waals surface area contributed by atoms with Crippen LogP contribution in [0, 0.1) is 11.6 Å². The number of aromatic nitrogens is 2. The van der Waals surface area contributed by atoms with Crippen LogP contribution in [0.3, 0.4) is 0 Å². The SMILES string of the molecule is COc1c(-c2cn[nH]c2N)cc(Cl)c(F)c1F. The number of nitrogens with zero attached hydrogens (tertiary/aromatic N) is 1. The Morgan fingerprint density at radius 2 is 2.06 bits per heavy atom. The minimum absolute atomic E-state index is 0.213. The normalized spacial score (nSPS) is 10.6. The van der Waals surface area contributed by atoms with E-state index in [2.05, 4.69) is 10.2 Å². The first-order valence-electron chi connectivity index (χ1n) is 4.57. The van der Waals surface area contributed by atoms with E-state index in [-0.39, 0.29) is 22.2 Å². The topological polar surface area (TPSA) is 63.9 Å². The monoisotopic (exact) mass is 259 g/mol. The van der Waals surface area contributed by atoms with Crippen molar-refractivity contribution < 1.29 is 13.5 Å². The summed E-state index contributed by atoms with van der Waals surface area (Å²) in [6, 6.07) is 1.24. The number of methoxy groups -OCH3 is 1. The van der Waals surface area contributed by atoms with Crippen molar-refractivity contribution in [1.29, 1.82) is 0 Å². The van der Waals surface area contributed by atoms with Gasteiger partial charge in [-0.05, 0) is 6.07 Å². The van der Waals surface area contributed by atoms with Crippen molar-refractivity contribution in [2.24, 2.45) is 0 Å². The van der Waals surface area contributed by atoms with Crippen molar-refractivity contribution in [1.82, 2.24) is 10.2 Å². The Balaban J connectivity index is 2.74. The average Bonchev–Trinajstić information content (AvgIpc) is 2.72. The largest absolute Gasteiger partial charge is 0.493 e. The molecule has 0 fully saturated rings. The maximum absolute atomic E-state index is 13.6. The van der Waals surface area contributed by atoms with Crippen LogP contribution in [0.4, 0.5) is 14.6 Å². The molecule has 0 unspecified atom stereocenters. The van der Waals surface area contributed by atoms with Crippen LogP contribution in [0.25, 0.3) is 11.1 Å². The second-order valence-electron chi connectivity index (χ2n) is 3.26. The molecule has 1 aromatic heterocycles. The Kier molecular flexibility index (Phi) is 2.89. The van der Waals surface area contributed by atoms with Crippen LogP contribution in [0.5, 0.6) is 5.75 Å². The molecular formula is C10H8ClF2N3O. The van der Waals surface area contributed by atoms with E-state index in [9.17, 15) is 8.78 Å². The van der Waals surface area contributed by atoms with Crippen LogP contribution in [0.1, 0.15) is 0 Å². The highest BCUT2D eigenvalue weighted by atomic mass is 35.5. The lowest BCUT2D eigenvalue weighted by Gasteiger charge is -2.10. The van der Waals surface area contributed by atoms with Crippen molar-refractivity contribution in [3.8, 4) is 16.9 Å². The number of anilines is 1. The van der Waals surface area contributed by atoms with Crippen molar-refractivity contribution >= 4 is 17.4 Å². The third kappa shape index (κ3) is 1.80. The number of aromatic amines is 1. The summed E-state index contributed by atoms with van der Waals surface area (Å²) < 4.78 is 31.7. The summed E-state index contributed by atoms with van der Waals surface area (Å²) >= 11 is 5.58. The van der Waals surface area contributed by atoms with E-state index < -0.39 is 11.6 Å². The number of H-pyrrole nitrogens is 1. The molecule has 0 saturated heterocycles. The van der Waals surface area contributed by atoms with Crippen molar-refractivity contribution in [2.75, 3.05) is 12.8 Å². The first-order chi connectivity index (χ1) is 8.06. The molecular weight excluding hydrogens is 252 g/mol. The minimum atomic E-state index is -1.16. The molecule has 0 saturated carbocycles. The molecule has 1 aromatic carbocycles. The first-order valence-corrected chi connectivity index (χ1v) is 4.94. The van der Waals surface area contributed by atoms with Gasteiger partial charge in [0.1, 0.15) is 5.82 Å². The van der Waals surface area contributed by atoms with Gasteiger partial charge >= 0.3 is 0 Å². The predicted molar refractivity (Wildman–Crippen MR) is 59.9 cm³/mol. The maximum atomic E-state index is 13.6. The van der Waals surface area contributed by atoms with E-state index in [1.165, 1.54) is 19.4 Å². The van der Waals surface area contributed by atoms with Crippen LogP contribution < -0.4 is 10.5 Å². The number of hydrogen-bond acceptors (Lipinski definition) is 3. The van der Waals surface area contributed by atoms with Crippen LogP contribution in [0.15, 0.2) is 12.3 Å². The Labute approximate surface area is 100 Å². The fraction of sp³-hybridized carbons (Fsp3) is 0.100. The quantitative estimate of drug-likeness (QED) is 0.815. The van der Waals surface area contributed by atoms with E-state index in [1.54, 1.807) is 0 Å². The van der Waals surface area contributed by atoms with Gasteiger partial charge in [0.25, 0.3) is 0 Å². The molecule has 3 N–H and O–H groups in total. The molecule has 1 heterocycles. The number of nitrogen functional groups attached to an aromatic ring is 1. The standard InChI is InChI=1S/C10H8ClF2N3O/c1-17-9-4(5-3-15-16-10(5)14)2-6(11)7(12)8(9)13/h2-3H,1H3,(H3,14,15,16). The van der Waals surface area contributed by atoms with Gasteiger partial charge in [-0.2, -0.15) is 9.49 Å². The zero-order valence-corrected chi connectivity index (χ0v) is 9.48. The van der Waals surface area contributed by atoms with E-state index in [0.717, 1.165) is 0 Å². The predicted octanol–water partition coefficient (Wildman–Crippen LogP) is 2.60. The second-order valence-corrected chi connectivity index (χ2v) is 3.67. The molecule has 2 rings (SSSR count). The number of nitrogens with one attached hydrogen (secondary N) is 1. The number of benzene rings is 1. The average molecular weight is 260 g/mol. The molecule has 0 radical (unpaired) electrons. The van der Waals surface area contributed by atoms with Gasteiger partial charge in [0.15, 0.2) is 11.6 Å². The molecule has 0 amide bonds. The fourth-order valence-electron chi connectivity index (χ4n) is 1.49. The van der Waals surface area contributed by atoms with Crippen molar-refractivity contribution in [2.45, 2.75) is 0 Å². The van der Waals surface area contributed by atoms with Crippen molar-refractivity contribution in [3.63, 3.8) is 0 Å². The summed E-state index contributed by atoms with van der Waals surface area (Å²) in [4.78, 5) is 0. The maximum Gasteiger partial charge on any atom is 0.202 e. The van der Waals surface area contributed by atoms with E-state index in [4.69, 9.17) is 22.1 Å². The molecule has 2 aromatic rings. The highest BCUT2D eigenvalue weighted by molar-refractivity contribution is 6.31. The zero-order chi connectivity index (χ0) is 12.6. The smallest absolute Gasteiger partial charge is 0.202 e. The highest BCUT2D eigenvalue weighted by Gasteiger charge is 2.21. The van der Waals surface area contributed by atoms with Gasteiger partial charge in [-0.3, -0.25) is 5.10 Å². The summed E-state index contributed by atoms with van der Waals surface area (Å²) in [5.74, 6) is -2.37. The van der Waals surface area contributed by atoms with E-state index in [1.807, 2.05) is 0 Å². The molecule has 0 aliphatic heterocycles. The number of hydrogen-bond donors (Lipinski definition) is 2. The lowest BCUT2D eigenvalue weighted by atomic mass is 10.1. The Hall–Kier alpha value is -1.82. The highest BCUT2D eigenvalue weighted by Crippen LogP contribution is 2.38.